The van der Waals surface area contributed by atoms with E-state index in [1.165, 1.54) is 0 Å². The zero-order chi connectivity index (χ0) is 10.6. The Bertz CT molecular complexity index is 328. The SMILES string of the molecule is FC(F)(F)/C=C/Cc1ccccc1Cl. The van der Waals surface area contributed by atoms with Gasteiger partial charge in [-0.05, 0) is 18.1 Å². The molecule has 0 radical (unpaired) electrons. The second kappa shape index (κ2) is 4.51. The first-order valence-corrected chi connectivity index (χ1v) is 4.35. The van der Waals surface area contributed by atoms with Crippen molar-refractivity contribution >= 4 is 11.6 Å². The van der Waals surface area contributed by atoms with Gasteiger partial charge in [0.2, 0.25) is 0 Å². The van der Waals surface area contributed by atoms with Gasteiger partial charge in [0.15, 0.2) is 0 Å². The Labute approximate surface area is 85.0 Å². The maximum absolute atomic E-state index is 11.7. The van der Waals surface area contributed by atoms with Crippen LogP contribution >= 0.6 is 11.6 Å². The minimum atomic E-state index is -4.25. The number of hydrogen-bond acceptors (Lipinski definition) is 0. The molecule has 0 aliphatic carbocycles. The Morgan fingerprint density at radius 3 is 2.43 bits per heavy atom. The fraction of sp³-hybridized carbons (Fsp3) is 0.200. The molecule has 0 heterocycles. The largest absolute Gasteiger partial charge is 0.409 e. The van der Waals surface area contributed by atoms with Crippen molar-refractivity contribution in [1.82, 2.24) is 0 Å². The Balaban J connectivity index is 2.63. The molecule has 0 saturated carbocycles. The number of alkyl halides is 3. The summed E-state index contributed by atoms with van der Waals surface area (Å²) in [4.78, 5) is 0. The molecule has 0 aromatic heterocycles. The van der Waals surface area contributed by atoms with Crippen LogP contribution in [-0.4, -0.2) is 6.18 Å². The molecule has 0 nitrogen and oxygen atoms in total. The molecule has 0 bridgehead atoms. The Hall–Kier alpha value is -0.960. The summed E-state index contributed by atoms with van der Waals surface area (Å²) in [5.41, 5.74) is 0.690. The van der Waals surface area contributed by atoms with Crippen LogP contribution in [0.2, 0.25) is 5.02 Å². The fourth-order valence-corrected chi connectivity index (χ4v) is 1.20. The standard InChI is InChI=1S/C10H8ClF3/c11-9-6-2-1-4-8(9)5-3-7-10(12,13)14/h1-4,6-7H,5H2/b7-3+. The topological polar surface area (TPSA) is 0 Å². The molecule has 0 aliphatic heterocycles. The van der Waals surface area contributed by atoms with Crippen LogP contribution in [0, 0.1) is 0 Å². The lowest BCUT2D eigenvalue weighted by Gasteiger charge is -2.00. The molecule has 0 spiro atoms. The average molecular weight is 221 g/mol. The third-order valence-electron chi connectivity index (χ3n) is 1.60. The highest BCUT2D eigenvalue weighted by Gasteiger charge is 2.21. The number of allylic oxidation sites excluding steroid dienone is 2. The molecule has 76 valence electrons. The van der Waals surface area contributed by atoms with E-state index in [0.29, 0.717) is 10.6 Å². The molecule has 0 aliphatic rings. The van der Waals surface area contributed by atoms with Gasteiger partial charge < -0.3 is 0 Å². The lowest BCUT2D eigenvalue weighted by atomic mass is 10.1. The second-order valence-corrected chi connectivity index (χ2v) is 3.15. The van der Waals surface area contributed by atoms with E-state index >= 15 is 0 Å². The minimum absolute atomic E-state index is 0.194. The predicted octanol–water partition coefficient (Wildman–Crippen LogP) is 4.00. The summed E-state index contributed by atoms with van der Waals surface area (Å²) in [5, 5.41) is 0.485. The van der Waals surface area contributed by atoms with Crippen LogP contribution in [-0.2, 0) is 6.42 Å². The average Bonchev–Trinajstić information content (AvgIpc) is 2.06. The third-order valence-corrected chi connectivity index (χ3v) is 1.97. The quantitative estimate of drug-likeness (QED) is 0.661. The van der Waals surface area contributed by atoms with Crippen molar-refractivity contribution in [3.05, 3.63) is 47.0 Å². The fourth-order valence-electron chi connectivity index (χ4n) is 0.983. The molecule has 0 saturated heterocycles. The molecule has 0 fully saturated rings. The molecule has 1 aromatic rings. The van der Waals surface area contributed by atoms with Crippen LogP contribution in [0.5, 0.6) is 0 Å². The molecule has 0 amide bonds. The molecular weight excluding hydrogens is 213 g/mol. The van der Waals surface area contributed by atoms with E-state index in [4.69, 9.17) is 11.6 Å². The Morgan fingerprint density at radius 2 is 1.86 bits per heavy atom. The highest BCUT2D eigenvalue weighted by Crippen LogP contribution is 2.19. The lowest BCUT2D eigenvalue weighted by Crippen LogP contribution is -2.00. The number of benzene rings is 1. The summed E-state index contributed by atoms with van der Waals surface area (Å²) in [6.45, 7) is 0. The van der Waals surface area contributed by atoms with Gasteiger partial charge in [0, 0.05) is 11.1 Å². The highest BCUT2D eigenvalue weighted by molar-refractivity contribution is 6.31. The van der Waals surface area contributed by atoms with Crippen LogP contribution in [0.4, 0.5) is 13.2 Å². The van der Waals surface area contributed by atoms with Crippen molar-refractivity contribution in [2.45, 2.75) is 12.6 Å². The second-order valence-electron chi connectivity index (χ2n) is 2.74. The molecule has 1 rings (SSSR count). The summed E-state index contributed by atoms with van der Waals surface area (Å²) < 4.78 is 35.2. The van der Waals surface area contributed by atoms with E-state index < -0.39 is 6.18 Å². The molecule has 14 heavy (non-hydrogen) atoms. The van der Waals surface area contributed by atoms with Crippen molar-refractivity contribution in [3.8, 4) is 0 Å². The molecule has 0 unspecified atom stereocenters. The van der Waals surface area contributed by atoms with Gasteiger partial charge in [-0.3, -0.25) is 0 Å². The van der Waals surface area contributed by atoms with Gasteiger partial charge in [0.05, 0.1) is 0 Å². The lowest BCUT2D eigenvalue weighted by molar-refractivity contribution is -0.0800. The van der Waals surface area contributed by atoms with Gasteiger partial charge in [-0.25, -0.2) is 0 Å². The van der Waals surface area contributed by atoms with E-state index in [1.807, 2.05) is 0 Å². The molecule has 0 N–H and O–H groups in total. The molecule has 0 atom stereocenters. The van der Waals surface area contributed by atoms with Crippen LogP contribution in [0.3, 0.4) is 0 Å². The first-order valence-electron chi connectivity index (χ1n) is 3.97. The van der Waals surface area contributed by atoms with Crippen molar-refractivity contribution in [2.24, 2.45) is 0 Å². The predicted molar refractivity (Wildman–Crippen MR) is 50.4 cm³/mol. The van der Waals surface area contributed by atoms with Gasteiger partial charge in [-0.2, -0.15) is 13.2 Å². The van der Waals surface area contributed by atoms with E-state index in [0.717, 1.165) is 6.08 Å². The van der Waals surface area contributed by atoms with Crippen LogP contribution in [0.1, 0.15) is 5.56 Å². The minimum Gasteiger partial charge on any atom is -0.167 e. The first kappa shape index (κ1) is 11.1. The molecule has 4 heteroatoms. The summed E-state index contributed by atoms with van der Waals surface area (Å²) in [5.74, 6) is 0. The van der Waals surface area contributed by atoms with Gasteiger partial charge in [0.1, 0.15) is 0 Å². The van der Waals surface area contributed by atoms with Crippen molar-refractivity contribution in [1.29, 1.82) is 0 Å². The third kappa shape index (κ3) is 3.83. The summed E-state index contributed by atoms with van der Waals surface area (Å²) in [6.07, 6.45) is -2.78. The monoisotopic (exact) mass is 220 g/mol. The van der Waals surface area contributed by atoms with E-state index in [9.17, 15) is 13.2 Å². The Morgan fingerprint density at radius 1 is 1.21 bits per heavy atom. The van der Waals surface area contributed by atoms with Gasteiger partial charge in [-0.15, -0.1) is 0 Å². The van der Waals surface area contributed by atoms with E-state index in [-0.39, 0.29) is 12.5 Å². The van der Waals surface area contributed by atoms with E-state index in [1.54, 1.807) is 24.3 Å². The van der Waals surface area contributed by atoms with Crippen LogP contribution in [0.15, 0.2) is 36.4 Å². The first-order chi connectivity index (χ1) is 6.49. The van der Waals surface area contributed by atoms with Crippen molar-refractivity contribution in [3.63, 3.8) is 0 Å². The number of rotatable bonds is 2. The molecular formula is C10H8ClF3. The van der Waals surface area contributed by atoms with Crippen LogP contribution in [0.25, 0.3) is 0 Å². The maximum atomic E-state index is 11.7. The zero-order valence-electron chi connectivity index (χ0n) is 7.18. The van der Waals surface area contributed by atoms with Gasteiger partial charge in [-0.1, -0.05) is 35.9 Å². The normalized spacial score (nSPS) is 12.3. The summed E-state index contributed by atoms with van der Waals surface area (Å²) >= 11 is 5.76. The smallest absolute Gasteiger partial charge is 0.167 e. The molecule has 1 aromatic carbocycles. The van der Waals surface area contributed by atoms with Gasteiger partial charge in [0.25, 0.3) is 0 Å². The highest BCUT2D eigenvalue weighted by atomic mass is 35.5. The van der Waals surface area contributed by atoms with Crippen molar-refractivity contribution in [2.75, 3.05) is 0 Å². The van der Waals surface area contributed by atoms with E-state index in [2.05, 4.69) is 0 Å². The Kier molecular flexibility index (Phi) is 3.58. The summed E-state index contributed by atoms with van der Waals surface area (Å²) in [7, 11) is 0. The number of hydrogen-bond donors (Lipinski definition) is 0. The number of halogens is 4. The van der Waals surface area contributed by atoms with Crippen LogP contribution < -0.4 is 0 Å². The van der Waals surface area contributed by atoms with Gasteiger partial charge >= 0.3 is 6.18 Å². The zero-order valence-corrected chi connectivity index (χ0v) is 7.94. The van der Waals surface area contributed by atoms with Crippen molar-refractivity contribution < 1.29 is 13.2 Å². The maximum Gasteiger partial charge on any atom is 0.409 e. The summed E-state index contributed by atoms with van der Waals surface area (Å²) in [6, 6.07) is 6.82.